The summed E-state index contributed by atoms with van der Waals surface area (Å²) in [5, 5.41) is 9.24. The first-order valence-corrected chi connectivity index (χ1v) is 7.50. The van der Waals surface area contributed by atoms with E-state index < -0.39 is 0 Å². The summed E-state index contributed by atoms with van der Waals surface area (Å²) in [7, 11) is 0. The number of halogens is 1. The van der Waals surface area contributed by atoms with Crippen LogP contribution >= 0.6 is 15.9 Å². The maximum atomic E-state index is 9.24. The molecule has 0 fully saturated rings. The minimum absolute atomic E-state index is 0.0750. The van der Waals surface area contributed by atoms with Crippen LogP contribution in [0.5, 0.6) is 5.75 Å². The van der Waals surface area contributed by atoms with Crippen molar-refractivity contribution in [2.24, 2.45) is 0 Å². The number of hydrogen-bond acceptors (Lipinski definition) is 3. The van der Waals surface area contributed by atoms with Crippen molar-refractivity contribution in [2.45, 2.75) is 13.2 Å². The molecular formula is C16H15BrN2O2. The smallest absolute Gasteiger partial charge is 0.148 e. The van der Waals surface area contributed by atoms with E-state index in [-0.39, 0.29) is 6.61 Å². The fraction of sp³-hybridized carbons (Fsp3) is 0.188. The van der Waals surface area contributed by atoms with E-state index in [2.05, 4.69) is 20.9 Å². The number of aliphatic hydroxyl groups excluding tert-OH is 1. The monoisotopic (exact) mass is 346 g/mol. The number of fused-ring (bicyclic) bond motifs is 1. The second-order valence-electron chi connectivity index (χ2n) is 4.63. The third-order valence-electron chi connectivity index (χ3n) is 3.24. The molecule has 5 heteroatoms. The van der Waals surface area contributed by atoms with Crippen molar-refractivity contribution >= 4 is 27.0 Å². The van der Waals surface area contributed by atoms with E-state index in [9.17, 15) is 5.11 Å². The molecule has 0 unspecified atom stereocenters. The largest absolute Gasteiger partial charge is 0.486 e. The van der Waals surface area contributed by atoms with Gasteiger partial charge in [-0.25, -0.2) is 4.98 Å². The summed E-state index contributed by atoms with van der Waals surface area (Å²) in [4.78, 5) is 4.58. The van der Waals surface area contributed by atoms with Gasteiger partial charge in [-0.05, 0) is 36.4 Å². The molecule has 1 aromatic heterocycles. The Morgan fingerprint density at radius 2 is 1.86 bits per heavy atom. The second kappa shape index (κ2) is 6.28. The van der Waals surface area contributed by atoms with Gasteiger partial charge in [-0.1, -0.05) is 28.1 Å². The average molecular weight is 347 g/mol. The van der Waals surface area contributed by atoms with Crippen molar-refractivity contribution in [2.75, 3.05) is 6.61 Å². The third kappa shape index (κ3) is 3.09. The minimum Gasteiger partial charge on any atom is -0.486 e. The van der Waals surface area contributed by atoms with E-state index in [0.29, 0.717) is 13.2 Å². The molecule has 21 heavy (non-hydrogen) atoms. The van der Waals surface area contributed by atoms with Gasteiger partial charge in [0.1, 0.15) is 18.2 Å². The molecule has 1 N–H and O–H groups in total. The van der Waals surface area contributed by atoms with Crippen LogP contribution in [0.2, 0.25) is 0 Å². The number of imidazole rings is 1. The molecule has 0 aliphatic carbocycles. The standard InChI is InChI=1S/C16H15BrN2O2/c17-12-5-7-13(8-6-12)21-11-16-18-14-3-1-2-4-15(14)19(16)9-10-20/h1-8,20H,9-11H2. The third-order valence-corrected chi connectivity index (χ3v) is 3.77. The lowest BCUT2D eigenvalue weighted by molar-refractivity contribution is 0.260. The first kappa shape index (κ1) is 14.1. The molecular weight excluding hydrogens is 332 g/mol. The van der Waals surface area contributed by atoms with Crippen LogP contribution in [0.15, 0.2) is 53.0 Å². The van der Waals surface area contributed by atoms with Gasteiger partial charge in [0.2, 0.25) is 0 Å². The molecule has 3 aromatic rings. The van der Waals surface area contributed by atoms with E-state index in [0.717, 1.165) is 27.1 Å². The Kier molecular flexibility index (Phi) is 4.22. The molecule has 0 atom stereocenters. The van der Waals surface area contributed by atoms with Gasteiger partial charge in [-0.15, -0.1) is 0 Å². The van der Waals surface area contributed by atoms with Crippen LogP contribution < -0.4 is 4.74 Å². The van der Waals surface area contributed by atoms with Crippen LogP contribution in [0.1, 0.15) is 5.82 Å². The van der Waals surface area contributed by atoms with E-state index in [4.69, 9.17) is 4.74 Å². The highest BCUT2D eigenvalue weighted by atomic mass is 79.9. The summed E-state index contributed by atoms with van der Waals surface area (Å²) >= 11 is 3.40. The Labute approximate surface area is 131 Å². The van der Waals surface area contributed by atoms with E-state index >= 15 is 0 Å². The number of hydrogen-bond donors (Lipinski definition) is 1. The van der Waals surface area contributed by atoms with Gasteiger partial charge in [-0.3, -0.25) is 0 Å². The molecule has 0 amide bonds. The Balaban J connectivity index is 1.85. The molecule has 0 radical (unpaired) electrons. The fourth-order valence-corrected chi connectivity index (χ4v) is 2.53. The first-order valence-electron chi connectivity index (χ1n) is 6.71. The summed E-state index contributed by atoms with van der Waals surface area (Å²) in [6, 6.07) is 15.6. The molecule has 0 spiro atoms. The molecule has 0 aliphatic rings. The SMILES string of the molecule is OCCn1c(COc2ccc(Br)cc2)nc2ccccc21. The van der Waals surface area contributed by atoms with Crippen molar-refractivity contribution in [3.8, 4) is 5.75 Å². The molecule has 3 rings (SSSR count). The number of benzene rings is 2. The zero-order chi connectivity index (χ0) is 14.7. The Hall–Kier alpha value is -1.85. The van der Waals surface area contributed by atoms with Gasteiger partial charge in [-0.2, -0.15) is 0 Å². The van der Waals surface area contributed by atoms with Crippen molar-refractivity contribution in [1.82, 2.24) is 9.55 Å². The Morgan fingerprint density at radius 3 is 2.62 bits per heavy atom. The Bertz CT molecular complexity index is 738. The summed E-state index contributed by atoms with van der Waals surface area (Å²) in [6.07, 6.45) is 0. The molecule has 0 saturated carbocycles. The molecule has 0 aliphatic heterocycles. The topological polar surface area (TPSA) is 47.3 Å². The van der Waals surface area contributed by atoms with Gasteiger partial charge in [0, 0.05) is 11.0 Å². The number of aromatic nitrogens is 2. The summed E-state index contributed by atoms with van der Waals surface area (Å²) in [5.41, 5.74) is 1.93. The Morgan fingerprint density at radius 1 is 1.10 bits per heavy atom. The lowest BCUT2D eigenvalue weighted by atomic mass is 10.3. The van der Waals surface area contributed by atoms with Crippen molar-refractivity contribution in [3.63, 3.8) is 0 Å². The molecule has 0 bridgehead atoms. The highest BCUT2D eigenvalue weighted by molar-refractivity contribution is 9.10. The number of aliphatic hydroxyl groups is 1. The van der Waals surface area contributed by atoms with E-state index in [1.165, 1.54) is 0 Å². The van der Waals surface area contributed by atoms with Crippen LogP contribution in [0.25, 0.3) is 11.0 Å². The maximum absolute atomic E-state index is 9.24. The van der Waals surface area contributed by atoms with Crippen LogP contribution in [0, 0.1) is 0 Å². The number of nitrogens with zero attached hydrogens (tertiary/aromatic N) is 2. The predicted octanol–water partition coefficient (Wildman–Crippen LogP) is 3.37. The molecule has 2 aromatic carbocycles. The zero-order valence-electron chi connectivity index (χ0n) is 11.4. The molecule has 1 heterocycles. The summed E-state index contributed by atoms with van der Waals surface area (Å²) < 4.78 is 8.79. The maximum Gasteiger partial charge on any atom is 0.148 e. The normalized spacial score (nSPS) is 11.0. The quantitative estimate of drug-likeness (QED) is 0.770. The van der Waals surface area contributed by atoms with Gasteiger partial charge in [0.05, 0.1) is 17.6 Å². The van der Waals surface area contributed by atoms with Crippen molar-refractivity contribution in [1.29, 1.82) is 0 Å². The lowest BCUT2D eigenvalue weighted by Gasteiger charge is -2.09. The van der Waals surface area contributed by atoms with Crippen molar-refractivity contribution in [3.05, 3.63) is 58.8 Å². The van der Waals surface area contributed by atoms with Crippen LogP contribution in [-0.4, -0.2) is 21.3 Å². The van der Waals surface area contributed by atoms with E-state index in [1.807, 2.05) is 53.1 Å². The number of para-hydroxylation sites is 2. The zero-order valence-corrected chi connectivity index (χ0v) is 13.0. The van der Waals surface area contributed by atoms with Gasteiger partial charge in [0.25, 0.3) is 0 Å². The van der Waals surface area contributed by atoms with Gasteiger partial charge < -0.3 is 14.4 Å². The average Bonchev–Trinajstić information content (AvgIpc) is 2.85. The molecule has 0 saturated heterocycles. The summed E-state index contributed by atoms with van der Waals surface area (Å²) in [6.45, 7) is 0.960. The number of ether oxygens (including phenoxy) is 1. The van der Waals surface area contributed by atoms with Crippen LogP contribution in [0.4, 0.5) is 0 Å². The summed E-state index contributed by atoms with van der Waals surface area (Å²) in [5.74, 6) is 1.61. The lowest BCUT2D eigenvalue weighted by Crippen LogP contribution is -2.09. The predicted molar refractivity (Wildman–Crippen MR) is 85.3 cm³/mol. The van der Waals surface area contributed by atoms with Crippen LogP contribution in [0.3, 0.4) is 0 Å². The number of rotatable bonds is 5. The highest BCUT2D eigenvalue weighted by Gasteiger charge is 2.10. The second-order valence-corrected chi connectivity index (χ2v) is 5.55. The molecule has 4 nitrogen and oxygen atoms in total. The minimum atomic E-state index is 0.0750. The van der Waals surface area contributed by atoms with Crippen LogP contribution in [-0.2, 0) is 13.2 Å². The van der Waals surface area contributed by atoms with Gasteiger partial charge >= 0.3 is 0 Å². The first-order chi connectivity index (χ1) is 10.3. The van der Waals surface area contributed by atoms with Crippen molar-refractivity contribution < 1.29 is 9.84 Å². The van der Waals surface area contributed by atoms with Gasteiger partial charge in [0.15, 0.2) is 0 Å². The van der Waals surface area contributed by atoms with E-state index in [1.54, 1.807) is 0 Å². The molecule has 108 valence electrons. The highest BCUT2D eigenvalue weighted by Crippen LogP contribution is 2.20. The fourth-order valence-electron chi connectivity index (χ4n) is 2.26.